The molecule has 244 valence electrons. The molecular weight excluding hydrogens is 630 g/mol. The van der Waals surface area contributed by atoms with Crippen LogP contribution in [0, 0.1) is 23.7 Å². The molecule has 48 heavy (non-hydrogen) atoms. The molecule has 12 heteroatoms. The maximum Gasteiger partial charge on any atom is 0.310 e. The molecule has 2 N–H and O–H groups in total. The van der Waals surface area contributed by atoms with Crippen LogP contribution in [0.1, 0.15) is 52.0 Å². The van der Waals surface area contributed by atoms with Crippen molar-refractivity contribution in [2.45, 2.75) is 39.9 Å². The second-order valence-electron chi connectivity index (χ2n) is 13.1. The predicted octanol–water partition coefficient (Wildman–Crippen LogP) is 6.22. The molecule has 1 fully saturated rings. The van der Waals surface area contributed by atoms with Crippen LogP contribution in [0.25, 0.3) is 33.7 Å². The highest BCUT2D eigenvalue weighted by Crippen LogP contribution is 2.40. The summed E-state index contributed by atoms with van der Waals surface area (Å²) in [5, 5.41) is 22.9. The summed E-state index contributed by atoms with van der Waals surface area (Å²) in [6.45, 7) is 6.78. The van der Waals surface area contributed by atoms with E-state index in [9.17, 15) is 20.0 Å². The molecule has 4 heterocycles. The zero-order valence-corrected chi connectivity index (χ0v) is 27.9. The number of nitrogens with zero attached hydrogens (tertiary/aromatic N) is 6. The van der Waals surface area contributed by atoms with Gasteiger partial charge in [0.1, 0.15) is 11.6 Å². The second kappa shape index (κ2) is 11.9. The van der Waals surface area contributed by atoms with E-state index in [4.69, 9.17) is 21.0 Å². The quantitative estimate of drug-likeness (QED) is 0.208. The molecule has 1 atom stereocenters. The fourth-order valence-electron chi connectivity index (χ4n) is 6.86. The monoisotopic (exact) mass is 663 g/mol. The highest BCUT2D eigenvalue weighted by atomic mass is 35.5. The van der Waals surface area contributed by atoms with Crippen LogP contribution in [-0.4, -0.2) is 61.5 Å². The zero-order chi connectivity index (χ0) is 33.9. The van der Waals surface area contributed by atoms with Gasteiger partial charge in [-0.25, -0.2) is 9.97 Å². The molecule has 11 nitrogen and oxygen atoms in total. The molecule has 2 aliphatic rings. The fourth-order valence-corrected chi connectivity index (χ4v) is 7.14. The molecule has 0 spiro atoms. The molecule has 0 saturated carbocycles. The number of amides is 1. The number of fused-ring (bicyclic) bond motifs is 2. The number of rotatable bonds is 7. The van der Waals surface area contributed by atoms with Crippen molar-refractivity contribution < 1.29 is 19.1 Å². The van der Waals surface area contributed by atoms with E-state index in [1.807, 2.05) is 62.0 Å². The maximum absolute atomic E-state index is 13.3. The lowest BCUT2D eigenvalue weighted by Gasteiger charge is -2.20. The number of aromatic nitrogens is 3. The number of carboxylic acid groups (broad SMARTS) is 1. The van der Waals surface area contributed by atoms with Crippen molar-refractivity contribution in [3.8, 4) is 28.7 Å². The number of anilines is 1. The van der Waals surface area contributed by atoms with E-state index in [0.717, 1.165) is 45.7 Å². The molecule has 1 unspecified atom stereocenters. The van der Waals surface area contributed by atoms with Gasteiger partial charge in [-0.1, -0.05) is 35.9 Å². The summed E-state index contributed by atoms with van der Waals surface area (Å²) in [5.41, 5.74) is 6.98. The van der Waals surface area contributed by atoms with Gasteiger partial charge in [0.25, 0.3) is 5.91 Å². The SMILES string of the molecule is Cc1c(-c2nc3cc(CN4CCC(C)(C(=O)O)C4)cc(C#N)c3o2)cccc1-c1cccc(NC(=O)c2nc3c(n2C)CN(C)C3)c1Cl. The predicted molar refractivity (Wildman–Crippen MR) is 181 cm³/mol. The lowest BCUT2D eigenvalue weighted by Crippen LogP contribution is -2.31. The zero-order valence-electron chi connectivity index (χ0n) is 27.1. The lowest BCUT2D eigenvalue weighted by molar-refractivity contribution is -0.147. The van der Waals surface area contributed by atoms with Gasteiger partial charge in [0.15, 0.2) is 11.4 Å². The first kappa shape index (κ1) is 31.6. The number of carbonyl (C=O) groups is 2. The third-order valence-electron chi connectivity index (χ3n) is 9.59. The first-order valence-electron chi connectivity index (χ1n) is 15.7. The Labute approximate surface area is 282 Å². The van der Waals surface area contributed by atoms with Crippen molar-refractivity contribution >= 4 is 40.3 Å². The molecule has 0 radical (unpaired) electrons. The van der Waals surface area contributed by atoms with Crippen molar-refractivity contribution in [3.05, 3.63) is 87.5 Å². The molecule has 5 aromatic rings. The third kappa shape index (κ3) is 5.42. The molecule has 2 aliphatic heterocycles. The van der Waals surface area contributed by atoms with Crippen molar-refractivity contribution in [1.29, 1.82) is 5.26 Å². The van der Waals surface area contributed by atoms with Gasteiger partial charge in [-0.2, -0.15) is 5.26 Å². The molecule has 2 aromatic heterocycles. The number of benzene rings is 3. The molecule has 1 amide bonds. The van der Waals surface area contributed by atoms with Crippen molar-refractivity contribution in [2.24, 2.45) is 12.5 Å². The number of hydrogen-bond donors (Lipinski definition) is 2. The standard InChI is InChI=1S/C36H34ClN7O4/c1-20-23(25-9-6-10-26(30(25)37)40-33(45)32-39-28-17-42(3)18-29(28)43(32)4)7-5-8-24(20)34-41-27-14-21(13-22(15-38)31(27)48-34)16-44-12-11-36(2,19-44)35(46)47/h5-10,13-14H,11-12,16-19H2,1-4H3,(H,40,45)(H,46,47). The molecule has 0 bridgehead atoms. The Kier molecular flexibility index (Phi) is 7.83. The van der Waals surface area contributed by atoms with Crippen LogP contribution < -0.4 is 5.32 Å². The Hall–Kier alpha value is -5.02. The van der Waals surface area contributed by atoms with Gasteiger partial charge in [0.2, 0.25) is 5.89 Å². The Balaban J connectivity index is 1.17. The number of nitriles is 1. The average molecular weight is 664 g/mol. The number of carbonyl (C=O) groups excluding carboxylic acids is 1. The van der Waals surface area contributed by atoms with E-state index in [0.29, 0.717) is 71.7 Å². The number of nitrogens with one attached hydrogen (secondary N) is 1. The second-order valence-corrected chi connectivity index (χ2v) is 13.5. The van der Waals surface area contributed by atoms with Gasteiger partial charge < -0.3 is 19.4 Å². The summed E-state index contributed by atoms with van der Waals surface area (Å²) in [6.07, 6.45) is 0.572. The fraction of sp³-hybridized carbons (Fsp3) is 0.306. The lowest BCUT2D eigenvalue weighted by atomic mass is 9.90. The van der Waals surface area contributed by atoms with Gasteiger partial charge >= 0.3 is 5.97 Å². The molecule has 7 rings (SSSR count). The maximum atomic E-state index is 13.3. The summed E-state index contributed by atoms with van der Waals surface area (Å²) < 4.78 is 8.04. The number of aliphatic carboxylic acids is 1. The van der Waals surface area contributed by atoms with Crippen molar-refractivity contribution in [3.63, 3.8) is 0 Å². The minimum atomic E-state index is -0.796. The van der Waals surface area contributed by atoms with Crippen LogP contribution >= 0.6 is 11.6 Å². The summed E-state index contributed by atoms with van der Waals surface area (Å²) in [7, 11) is 3.87. The average Bonchev–Trinajstić information content (AvgIpc) is 3.82. The number of imidazole rings is 1. The van der Waals surface area contributed by atoms with Crippen LogP contribution in [0.2, 0.25) is 5.02 Å². The van der Waals surface area contributed by atoms with E-state index in [2.05, 4.69) is 26.2 Å². The molecule has 1 saturated heterocycles. The molecular formula is C36H34ClN7O4. The summed E-state index contributed by atoms with van der Waals surface area (Å²) in [5.74, 6) is -0.427. The minimum absolute atomic E-state index is 0.334. The largest absolute Gasteiger partial charge is 0.481 e. The Morgan fingerprint density at radius 2 is 1.85 bits per heavy atom. The Morgan fingerprint density at radius 3 is 2.58 bits per heavy atom. The topological polar surface area (TPSA) is 141 Å². The first-order valence-corrected chi connectivity index (χ1v) is 16.1. The molecule has 3 aromatic carbocycles. The van der Waals surface area contributed by atoms with E-state index >= 15 is 0 Å². The van der Waals surface area contributed by atoms with Crippen LogP contribution in [0.3, 0.4) is 0 Å². The van der Waals surface area contributed by atoms with E-state index < -0.39 is 11.4 Å². The molecule has 0 aliphatic carbocycles. The van der Waals surface area contributed by atoms with E-state index in [-0.39, 0.29) is 5.91 Å². The van der Waals surface area contributed by atoms with Gasteiger partial charge in [-0.3, -0.25) is 19.4 Å². The van der Waals surface area contributed by atoms with Crippen molar-refractivity contribution in [2.75, 3.05) is 25.5 Å². The Bertz CT molecular complexity index is 2180. The number of carboxylic acids is 1. The van der Waals surface area contributed by atoms with Gasteiger partial charge in [0, 0.05) is 44.4 Å². The smallest absolute Gasteiger partial charge is 0.310 e. The normalized spacial score (nSPS) is 17.9. The van der Waals surface area contributed by atoms with Crippen LogP contribution in [0.4, 0.5) is 5.69 Å². The van der Waals surface area contributed by atoms with E-state index in [1.165, 1.54) is 0 Å². The number of likely N-dealkylation sites (tertiary alicyclic amines) is 1. The van der Waals surface area contributed by atoms with Crippen LogP contribution in [0.5, 0.6) is 0 Å². The first-order chi connectivity index (χ1) is 23.0. The summed E-state index contributed by atoms with van der Waals surface area (Å²) >= 11 is 6.94. The third-order valence-corrected chi connectivity index (χ3v) is 9.99. The summed E-state index contributed by atoms with van der Waals surface area (Å²) in [4.78, 5) is 38.6. The van der Waals surface area contributed by atoms with Crippen LogP contribution in [-0.2, 0) is 31.5 Å². The number of hydrogen-bond acceptors (Lipinski definition) is 8. The van der Waals surface area contributed by atoms with Crippen LogP contribution in [0.15, 0.2) is 52.9 Å². The highest BCUT2D eigenvalue weighted by molar-refractivity contribution is 6.36. The number of halogens is 1. The minimum Gasteiger partial charge on any atom is -0.481 e. The highest BCUT2D eigenvalue weighted by Gasteiger charge is 2.40. The van der Waals surface area contributed by atoms with Crippen molar-refractivity contribution in [1.82, 2.24) is 24.3 Å². The van der Waals surface area contributed by atoms with Gasteiger partial charge in [-0.05, 0) is 74.8 Å². The number of oxazole rings is 1. The van der Waals surface area contributed by atoms with E-state index in [1.54, 1.807) is 19.1 Å². The summed E-state index contributed by atoms with van der Waals surface area (Å²) in [6, 6.07) is 17.2. The van der Waals surface area contributed by atoms with Gasteiger partial charge in [-0.15, -0.1) is 0 Å². The Morgan fingerprint density at radius 1 is 1.10 bits per heavy atom. The van der Waals surface area contributed by atoms with Gasteiger partial charge in [0.05, 0.1) is 33.1 Å².